The van der Waals surface area contributed by atoms with E-state index in [0.29, 0.717) is 23.4 Å². The lowest BCUT2D eigenvalue weighted by Gasteiger charge is -2.62. The van der Waals surface area contributed by atoms with Gasteiger partial charge in [-0.2, -0.15) is 11.8 Å². The number of nitrogens with zero attached hydrogens (tertiary/aromatic N) is 2. The maximum Gasteiger partial charge on any atom is 0.360 e. The first-order valence-corrected chi connectivity index (χ1v) is 9.70. The van der Waals surface area contributed by atoms with Crippen LogP contribution in [0.25, 0.3) is 0 Å². The molecule has 1 saturated heterocycles. The highest BCUT2D eigenvalue weighted by molar-refractivity contribution is 7.98. The zero-order valence-corrected chi connectivity index (χ0v) is 15.9. The number of fused-ring (bicyclic) bond motifs is 4. The van der Waals surface area contributed by atoms with E-state index in [-0.39, 0.29) is 5.91 Å². The molecule has 26 heavy (non-hydrogen) atoms. The number of hydrogen-bond acceptors (Lipinski definition) is 7. The molecule has 1 fully saturated rings. The number of imide groups is 1. The Morgan fingerprint density at radius 2 is 2.04 bits per heavy atom. The molecule has 0 unspecified atom stereocenters. The van der Waals surface area contributed by atoms with Gasteiger partial charge in [-0.25, -0.2) is 4.99 Å². The van der Waals surface area contributed by atoms with Gasteiger partial charge >= 0.3 is 5.97 Å². The maximum atomic E-state index is 13.4. The summed E-state index contributed by atoms with van der Waals surface area (Å²) in [6.45, 7) is 1.71. The summed E-state index contributed by atoms with van der Waals surface area (Å²) in [6, 6.07) is 7.01. The Hall–Kier alpha value is -1.90. The number of ether oxygens (including phenoxy) is 3. The van der Waals surface area contributed by atoms with Crippen molar-refractivity contribution in [2.75, 3.05) is 26.2 Å². The predicted octanol–water partition coefficient (Wildman–Crippen LogP) is 1.76. The van der Waals surface area contributed by atoms with Gasteiger partial charge in [0.05, 0.1) is 0 Å². The van der Waals surface area contributed by atoms with E-state index in [0.717, 1.165) is 10.7 Å². The number of carbonyl (C=O) groups excluding carboxylic acids is 2. The van der Waals surface area contributed by atoms with Gasteiger partial charge < -0.3 is 9.47 Å². The van der Waals surface area contributed by atoms with Gasteiger partial charge in [-0.15, -0.1) is 0 Å². The molecule has 8 heteroatoms. The molecule has 1 aromatic carbocycles. The van der Waals surface area contributed by atoms with Crippen LogP contribution in [0.1, 0.15) is 29.3 Å². The molecule has 0 saturated carbocycles. The summed E-state index contributed by atoms with van der Waals surface area (Å²) in [5.41, 5.74) is -1.59. The van der Waals surface area contributed by atoms with Crippen molar-refractivity contribution >= 4 is 29.5 Å². The largest absolute Gasteiger partial charge is 0.424 e. The van der Waals surface area contributed by atoms with Crippen LogP contribution in [-0.4, -0.2) is 60.3 Å². The van der Waals surface area contributed by atoms with Crippen molar-refractivity contribution in [1.82, 2.24) is 4.90 Å². The third kappa shape index (κ3) is 1.74. The molecule has 0 aromatic heterocycles. The van der Waals surface area contributed by atoms with Crippen molar-refractivity contribution in [1.29, 1.82) is 0 Å². The summed E-state index contributed by atoms with van der Waals surface area (Å²) in [4.78, 5) is 31.8. The number of carbonyl (C=O) groups is 2. The second-order valence-electron chi connectivity index (χ2n) is 6.59. The number of benzene rings is 1. The highest BCUT2D eigenvalue weighted by Gasteiger charge is 2.87. The zero-order chi connectivity index (χ0) is 18.7. The van der Waals surface area contributed by atoms with Crippen molar-refractivity contribution in [3.05, 3.63) is 35.4 Å². The van der Waals surface area contributed by atoms with E-state index in [2.05, 4.69) is 0 Å². The molecular formula is C18H20N2O5S. The quantitative estimate of drug-likeness (QED) is 0.746. The van der Waals surface area contributed by atoms with Crippen molar-refractivity contribution < 1.29 is 23.8 Å². The fourth-order valence-electron chi connectivity index (χ4n) is 4.26. The van der Waals surface area contributed by atoms with Crippen LogP contribution in [0, 0.1) is 0 Å². The molecule has 0 bridgehead atoms. The van der Waals surface area contributed by atoms with Crippen molar-refractivity contribution in [3.63, 3.8) is 0 Å². The van der Waals surface area contributed by atoms with E-state index >= 15 is 0 Å². The lowest BCUT2D eigenvalue weighted by molar-refractivity contribution is -0.489. The van der Waals surface area contributed by atoms with E-state index in [1.54, 1.807) is 43.0 Å². The summed E-state index contributed by atoms with van der Waals surface area (Å²) in [6.07, 6.45) is 2.48. The lowest BCUT2D eigenvalue weighted by Crippen LogP contribution is -2.83. The van der Waals surface area contributed by atoms with Gasteiger partial charge in [0.25, 0.3) is 11.8 Å². The van der Waals surface area contributed by atoms with Crippen molar-refractivity contribution in [3.8, 4) is 0 Å². The molecule has 7 nitrogen and oxygen atoms in total. The number of hydrogen-bond donors (Lipinski definition) is 0. The van der Waals surface area contributed by atoms with Gasteiger partial charge in [-0.3, -0.25) is 19.2 Å². The second-order valence-corrected chi connectivity index (χ2v) is 7.58. The highest BCUT2D eigenvalue weighted by atomic mass is 32.2. The van der Waals surface area contributed by atoms with Crippen LogP contribution >= 0.6 is 11.8 Å². The molecular weight excluding hydrogens is 356 g/mol. The minimum absolute atomic E-state index is 0.352. The molecule has 138 valence electrons. The van der Waals surface area contributed by atoms with Gasteiger partial charge in [0.15, 0.2) is 5.90 Å². The SMILES string of the molecule is CO[C@]12OC(C)=N[C@@]1(CCSC)[C@]1(O2)C(=O)N(C)C(=O)c2ccccc21. The Balaban J connectivity index is 1.99. The Morgan fingerprint density at radius 3 is 2.73 bits per heavy atom. The minimum atomic E-state index is -1.46. The third-order valence-corrected chi connectivity index (χ3v) is 6.00. The van der Waals surface area contributed by atoms with E-state index in [1.807, 2.05) is 6.26 Å². The molecule has 1 spiro atoms. The Kier molecular flexibility index (Phi) is 3.74. The minimum Gasteiger partial charge on any atom is -0.424 e. The Bertz CT molecular complexity index is 843. The molecule has 2 amide bonds. The van der Waals surface area contributed by atoms with Crippen LogP contribution in [-0.2, 0) is 24.6 Å². The predicted molar refractivity (Wildman–Crippen MR) is 96.0 cm³/mol. The first-order valence-electron chi connectivity index (χ1n) is 8.31. The van der Waals surface area contributed by atoms with E-state index < -0.39 is 23.0 Å². The van der Waals surface area contributed by atoms with E-state index in [9.17, 15) is 9.59 Å². The molecule has 3 aliphatic heterocycles. The van der Waals surface area contributed by atoms with E-state index in [4.69, 9.17) is 19.2 Å². The smallest absolute Gasteiger partial charge is 0.360 e. The average Bonchev–Trinajstić information content (AvgIpc) is 2.87. The summed E-state index contributed by atoms with van der Waals surface area (Å²) in [5, 5.41) is 0. The average molecular weight is 376 g/mol. The van der Waals surface area contributed by atoms with Crippen LogP contribution in [0.5, 0.6) is 0 Å². The highest BCUT2D eigenvalue weighted by Crippen LogP contribution is 2.65. The number of likely N-dealkylation sites (N-methyl/N-ethyl adjacent to an activating group) is 1. The molecule has 3 atom stereocenters. The Labute approximate surface area is 155 Å². The van der Waals surface area contributed by atoms with Crippen LogP contribution < -0.4 is 0 Å². The van der Waals surface area contributed by atoms with Gasteiger partial charge in [0, 0.05) is 32.2 Å². The van der Waals surface area contributed by atoms with E-state index in [1.165, 1.54) is 14.2 Å². The number of amides is 2. The zero-order valence-electron chi connectivity index (χ0n) is 15.1. The van der Waals surface area contributed by atoms with Gasteiger partial charge in [-0.05, 0) is 24.5 Å². The first kappa shape index (κ1) is 17.5. The van der Waals surface area contributed by atoms with Gasteiger partial charge in [-0.1, -0.05) is 18.2 Å². The molecule has 0 radical (unpaired) electrons. The van der Waals surface area contributed by atoms with Crippen LogP contribution in [0.2, 0.25) is 0 Å². The van der Waals surface area contributed by atoms with Crippen LogP contribution in [0.3, 0.4) is 0 Å². The topological polar surface area (TPSA) is 77.4 Å². The number of rotatable bonds is 4. The normalized spacial score (nSPS) is 34.9. The molecule has 3 heterocycles. The number of aliphatic imine (C=N–C) groups is 1. The number of methoxy groups -OCH3 is 1. The van der Waals surface area contributed by atoms with Crippen molar-refractivity contribution in [2.45, 2.75) is 30.5 Å². The summed E-state index contributed by atoms with van der Waals surface area (Å²) in [7, 11) is 2.94. The summed E-state index contributed by atoms with van der Waals surface area (Å²) in [5.74, 6) is -1.14. The van der Waals surface area contributed by atoms with Gasteiger partial charge in [0.2, 0.25) is 11.1 Å². The molecule has 0 aliphatic carbocycles. The van der Waals surface area contributed by atoms with Crippen LogP contribution in [0.4, 0.5) is 0 Å². The molecule has 3 aliphatic rings. The van der Waals surface area contributed by atoms with Crippen molar-refractivity contribution in [2.24, 2.45) is 4.99 Å². The molecule has 4 rings (SSSR count). The third-order valence-electron chi connectivity index (χ3n) is 5.39. The standard InChI is InChI=1S/C18H20N2O5S/c1-11-19-16(9-10-26-4)17(25-18(16,23-3)24-11)13-8-6-5-7-12(13)14(21)20(2)15(17)22/h5-8H,9-10H2,1-4H3/t16-,17+,18-/m0/s1. The maximum absolute atomic E-state index is 13.4. The molecule has 0 N–H and O–H groups in total. The summed E-state index contributed by atoms with van der Waals surface area (Å²) >= 11 is 1.64. The lowest BCUT2D eigenvalue weighted by atomic mass is 9.63. The molecule has 1 aromatic rings. The first-order chi connectivity index (χ1) is 12.4. The number of thioether (sulfide) groups is 1. The Morgan fingerprint density at radius 1 is 1.31 bits per heavy atom. The summed E-state index contributed by atoms with van der Waals surface area (Å²) < 4.78 is 17.5. The fraction of sp³-hybridized carbons (Fsp3) is 0.500. The van der Waals surface area contributed by atoms with Gasteiger partial charge in [0.1, 0.15) is 0 Å². The second kappa shape index (κ2) is 5.55. The monoisotopic (exact) mass is 376 g/mol. The fourth-order valence-corrected chi connectivity index (χ4v) is 4.76. The van der Waals surface area contributed by atoms with Crippen LogP contribution in [0.15, 0.2) is 29.3 Å².